The van der Waals surface area contributed by atoms with Crippen LogP contribution < -0.4 is 10.9 Å². The molecule has 0 atom stereocenters. The SMILES string of the molecule is O=C(NCc1ccco1)c1cc2cc([N+](=O)[O-])ccc2oc1=O. The number of nitro groups is 1. The van der Waals surface area contributed by atoms with Gasteiger partial charge in [0.05, 0.1) is 17.7 Å². The van der Waals surface area contributed by atoms with Crippen LogP contribution in [0.4, 0.5) is 5.69 Å². The first-order chi connectivity index (χ1) is 11.0. The topological polar surface area (TPSA) is 116 Å². The van der Waals surface area contributed by atoms with Crippen molar-refractivity contribution in [1.82, 2.24) is 5.32 Å². The Morgan fingerprint density at radius 3 is 2.78 bits per heavy atom. The number of amides is 1. The normalized spacial score (nSPS) is 10.6. The van der Waals surface area contributed by atoms with Gasteiger partial charge in [-0.3, -0.25) is 14.9 Å². The summed E-state index contributed by atoms with van der Waals surface area (Å²) in [7, 11) is 0. The first-order valence-electron chi connectivity index (χ1n) is 6.57. The van der Waals surface area contributed by atoms with Gasteiger partial charge in [0.1, 0.15) is 16.9 Å². The minimum absolute atomic E-state index is 0.109. The molecule has 0 fully saturated rings. The molecule has 0 bridgehead atoms. The third-order valence-electron chi connectivity index (χ3n) is 3.17. The van der Waals surface area contributed by atoms with Crippen LogP contribution in [0.5, 0.6) is 0 Å². The molecule has 0 aliphatic heterocycles. The summed E-state index contributed by atoms with van der Waals surface area (Å²) in [6, 6.07) is 8.39. The van der Waals surface area contributed by atoms with E-state index in [1.165, 1.54) is 30.5 Å². The van der Waals surface area contributed by atoms with Crippen LogP contribution in [0.15, 0.2) is 56.3 Å². The number of furan rings is 1. The lowest BCUT2D eigenvalue weighted by molar-refractivity contribution is -0.384. The van der Waals surface area contributed by atoms with Gasteiger partial charge in [-0.2, -0.15) is 0 Å². The van der Waals surface area contributed by atoms with Crippen LogP contribution in [-0.4, -0.2) is 10.8 Å². The van der Waals surface area contributed by atoms with E-state index in [-0.39, 0.29) is 23.4 Å². The Labute approximate surface area is 128 Å². The highest BCUT2D eigenvalue weighted by Gasteiger charge is 2.15. The highest BCUT2D eigenvalue weighted by atomic mass is 16.6. The second kappa shape index (κ2) is 5.76. The van der Waals surface area contributed by atoms with Gasteiger partial charge in [0.2, 0.25) is 0 Å². The third kappa shape index (κ3) is 2.95. The van der Waals surface area contributed by atoms with Crippen molar-refractivity contribution in [3.05, 3.63) is 74.5 Å². The lowest BCUT2D eigenvalue weighted by atomic mass is 10.1. The van der Waals surface area contributed by atoms with Crippen LogP contribution in [0.2, 0.25) is 0 Å². The Morgan fingerprint density at radius 2 is 2.09 bits per heavy atom. The van der Waals surface area contributed by atoms with E-state index < -0.39 is 16.5 Å². The standard InChI is InChI=1S/C15H10N2O6/c18-14(16-8-11-2-1-5-22-11)12-7-9-6-10(17(20)21)3-4-13(9)23-15(12)19/h1-7H,8H2,(H,16,18). The second-order valence-electron chi connectivity index (χ2n) is 4.69. The van der Waals surface area contributed by atoms with E-state index in [2.05, 4.69) is 5.32 Å². The van der Waals surface area contributed by atoms with E-state index in [1.807, 2.05) is 0 Å². The fourth-order valence-electron chi connectivity index (χ4n) is 2.06. The molecule has 0 aliphatic carbocycles. The molecule has 8 heteroatoms. The summed E-state index contributed by atoms with van der Waals surface area (Å²) >= 11 is 0. The Kier molecular flexibility index (Phi) is 3.63. The summed E-state index contributed by atoms with van der Waals surface area (Å²) in [4.78, 5) is 34.2. The molecule has 0 aliphatic rings. The number of nitrogens with one attached hydrogen (secondary N) is 1. The van der Waals surface area contributed by atoms with E-state index in [4.69, 9.17) is 8.83 Å². The zero-order chi connectivity index (χ0) is 16.4. The molecular formula is C15H10N2O6. The number of nitro benzene ring substituents is 1. The van der Waals surface area contributed by atoms with Crippen molar-refractivity contribution in [3.8, 4) is 0 Å². The summed E-state index contributed by atoms with van der Waals surface area (Å²) in [5.74, 6) is -0.122. The number of fused-ring (bicyclic) bond motifs is 1. The molecule has 2 aromatic heterocycles. The van der Waals surface area contributed by atoms with E-state index in [0.29, 0.717) is 11.1 Å². The molecular weight excluding hydrogens is 304 g/mol. The predicted octanol–water partition coefficient (Wildman–Crippen LogP) is 2.22. The molecule has 3 rings (SSSR count). The number of nitrogens with zero attached hydrogens (tertiary/aromatic N) is 1. The fourth-order valence-corrected chi connectivity index (χ4v) is 2.06. The van der Waals surface area contributed by atoms with Crippen LogP contribution >= 0.6 is 0 Å². The van der Waals surface area contributed by atoms with Gasteiger partial charge in [-0.1, -0.05) is 0 Å². The van der Waals surface area contributed by atoms with Crippen molar-refractivity contribution >= 4 is 22.6 Å². The smallest absolute Gasteiger partial charge is 0.349 e. The molecule has 0 radical (unpaired) electrons. The average Bonchev–Trinajstić information content (AvgIpc) is 3.04. The minimum atomic E-state index is -0.816. The number of carbonyl (C=O) groups excluding carboxylic acids is 1. The summed E-state index contributed by atoms with van der Waals surface area (Å²) in [5.41, 5.74) is -1.04. The van der Waals surface area contributed by atoms with E-state index >= 15 is 0 Å². The maximum Gasteiger partial charge on any atom is 0.349 e. The van der Waals surface area contributed by atoms with Gasteiger partial charge in [0.25, 0.3) is 11.6 Å². The molecule has 3 aromatic rings. The molecule has 23 heavy (non-hydrogen) atoms. The Hall–Kier alpha value is -3.42. The maximum atomic E-state index is 12.1. The maximum absolute atomic E-state index is 12.1. The largest absolute Gasteiger partial charge is 0.467 e. The molecule has 1 amide bonds. The van der Waals surface area contributed by atoms with Gasteiger partial charge < -0.3 is 14.2 Å². The Balaban J connectivity index is 1.92. The van der Waals surface area contributed by atoms with Crippen LogP contribution in [0.3, 0.4) is 0 Å². The van der Waals surface area contributed by atoms with Crippen LogP contribution in [0, 0.1) is 10.1 Å². The number of carbonyl (C=O) groups is 1. The summed E-state index contributed by atoms with van der Waals surface area (Å²) in [6.45, 7) is 0.109. The number of benzene rings is 1. The highest BCUT2D eigenvalue weighted by Crippen LogP contribution is 2.20. The first kappa shape index (κ1) is 14.5. The number of non-ortho nitro benzene ring substituents is 1. The number of rotatable bonds is 4. The first-order valence-corrected chi connectivity index (χ1v) is 6.57. The monoisotopic (exact) mass is 314 g/mol. The summed E-state index contributed by atoms with van der Waals surface area (Å²) in [6.07, 6.45) is 1.46. The zero-order valence-electron chi connectivity index (χ0n) is 11.6. The fraction of sp³-hybridized carbons (Fsp3) is 0.0667. The van der Waals surface area contributed by atoms with Crippen molar-refractivity contribution in [3.63, 3.8) is 0 Å². The van der Waals surface area contributed by atoms with Crippen molar-refractivity contribution in [1.29, 1.82) is 0 Å². The van der Waals surface area contributed by atoms with E-state index in [1.54, 1.807) is 12.1 Å². The van der Waals surface area contributed by atoms with Crippen LogP contribution in [-0.2, 0) is 6.54 Å². The van der Waals surface area contributed by atoms with Crippen molar-refractivity contribution < 1.29 is 18.6 Å². The van der Waals surface area contributed by atoms with Gasteiger partial charge in [-0.25, -0.2) is 4.79 Å². The molecule has 116 valence electrons. The van der Waals surface area contributed by atoms with Gasteiger partial charge in [0.15, 0.2) is 0 Å². The molecule has 8 nitrogen and oxygen atoms in total. The molecule has 1 N–H and O–H groups in total. The lowest BCUT2D eigenvalue weighted by Crippen LogP contribution is -2.27. The van der Waals surface area contributed by atoms with Crippen molar-refractivity contribution in [2.75, 3.05) is 0 Å². The minimum Gasteiger partial charge on any atom is -0.467 e. The predicted molar refractivity (Wildman–Crippen MR) is 79.0 cm³/mol. The van der Waals surface area contributed by atoms with Crippen molar-refractivity contribution in [2.45, 2.75) is 6.54 Å². The highest BCUT2D eigenvalue weighted by molar-refractivity contribution is 5.96. The second-order valence-corrected chi connectivity index (χ2v) is 4.69. The van der Waals surface area contributed by atoms with Crippen molar-refractivity contribution in [2.24, 2.45) is 0 Å². The molecule has 0 saturated heterocycles. The van der Waals surface area contributed by atoms with E-state index in [0.717, 1.165) is 0 Å². The lowest BCUT2D eigenvalue weighted by Gasteiger charge is -2.03. The quantitative estimate of drug-likeness (QED) is 0.448. The molecule has 0 saturated carbocycles. The van der Waals surface area contributed by atoms with E-state index in [9.17, 15) is 19.7 Å². The third-order valence-corrected chi connectivity index (χ3v) is 3.17. The summed E-state index contributed by atoms with van der Waals surface area (Å²) < 4.78 is 10.1. The van der Waals surface area contributed by atoms with Gasteiger partial charge in [0, 0.05) is 17.5 Å². The molecule has 1 aromatic carbocycles. The van der Waals surface area contributed by atoms with Gasteiger partial charge >= 0.3 is 5.63 Å². The Bertz CT molecular complexity index is 942. The van der Waals surface area contributed by atoms with Crippen LogP contribution in [0.1, 0.15) is 16.1 Å². The molecule has 0 unspecified atom stereocenters. The summed E-state index contributed by atoms with van der Waals surface area (Å²) in [5, 5.41) is 13.6. The number of hydrogen-bond donors (Lipinski definition) is 1. The molecule has 0 spiro atoms. The molecule has 2 heterocycles. The van der Waals surface area contributed by atoms with Gasteiger partial charge in [-0.15, -0.1) is 0 Å². The average molecular weight is 314 g/mol. The van der Waals surface area contributed by atoms with Gasteiger partial charge in [-0.05, 0) is 24.3 Å². The zero-order valence-corrected chi connectivity index (χ0v) is 11.6. The van der Waals surface area contributed by atoms with Crippen LogP contribution in [0.25, 0.3) is 11.0 Å². The Morgan fingerprint density at radius 1 is 1.26 bits per heavy atom. The number of hydrogen-bond acceptors (Lipinski definition) is 6.